The van der Waals surface area contributed by atoms with E-state index in [1.165, 1.54) is 10.5 Å². The molecule has 2 unspecified atom stereocenters. The van der Waals surface area contributed by atoms with Crippen molar-refractivity contribution in [3.8, 4) is 0 Å². The van der Waals surface area contributed by atoms with Gasteiger partial charge in [0.15, 0.2) is 0 Å². The first-order valence-corrected chi connectivity index (χ1v) is 11.0. The van der Waals surface area contributed by atoms with Crippen LogP contribution < -0.4 is 0 Å². The van der Waals surface area contributed by atoms with Gasteiger partial charge in [-0.05, 0) is 60.5 Å². The maximum Gasteiger partial charge on any atom is 0.335 e. The lowest BCUT2D eigenvalue weighted by Gasteiger charge is -2.37. The van der Waals surface area contributed by atoms with Gasteiger partial charge in [-0.25, -0.2) is 9.10 Å². The highest BCUT2D eigenvalue weighted by molar-refractivity contribution is 7.97. The van der Waals surface area contributed by atoms with E-state index in [1.54, 1.807) is 11.9 Å². The molecule has 1 aliphatic heterocycles. The highest BCUT2D eigenvalue weighted by Gasteiger charge is 2.44. The maximum absolute atomic E-state index is 12.9. The summed E-state index contributed by atoms with van der Waals surface area (Å²) in [4.78, 5) is 14.1. The van der Waals surface area contributed by atoms with E-state index in [9.17, 15) is 4.79 Å². The molecule has 0 saturated heterocycles. The Morgan fingerprint density at radius 3 is 2.38 bits per heavy atom. The van der Waals surface area contributed by atoms with E-state index < -0.39 is 0 Å². The van der Waals surface area contributed by atoms with Crippen LogP contribution in [-0.2, 0) is 9.53 Å². The van der Waals surface area contributed by atoms with Gasteiger partial charge in [0.05, 0.1) is 18.2 Å². The quantitative estimate of drug-likeness (QED) is 0.394. The molecule has 5 heteroatoms. The second-order valence-corrected chi connectivity index (χ2v) is 9.80. The van der Waals surface area contributed by atoms with Crippen molar-refractivity contribution in [2.75, 3.05) is 6.61 Å². The van der Waals surface area contributed by atoms with Crippen LogP contribution in [0.15, 0.2) is 65.1 Å². The van der Waals surface area contributed by atoms with Crippen LogP contribution in [0.25, 0.3) is 0 Å². The Bertz CT molecular complexity index is 902. The molecule has 0 N–H and O–H groups in total. The van der Waals surface area contributed by atoms with Crippen LogP contribution in [0.1, 0.15) is 44.9 Å². The normalized spacial score (nSPS) is 19.9. The van der Waals surface area contributed by atoms with Gasteiger partial charge in [-0.2, -0.15) is 0 Å². The van der Waals surface area contributed by atoms with Crippen molar-refractivity contribution in [3.63, 3.8) is 0 Å². The molecule has 2 atom stereocenters. The lowest BCUT2D eigenvalue weighted by atomic mass is 9.87. The number of esters is 1. The predicted molar refractivity (Wildman–Crippen MR) is 121 cm³/mol. The average molecular weight is 430 g/mol. The van der Waals surface area contributed by atoms with Crippen molar-refractivity contribution < 1.29 is 9.53 Å². The summed E-state index contributed by atoms with van der Waals surface area (Å²) in [6, 6.07) is 15.9. The number of rotatable bonds is 5. The minimum absolute atomic E-state index is 0.0609. The highest BCUT2D eigenvalue weighted by atomic mass is 35.5. The summed E-state index contributed by atoms with van der Waals surface area (Å²) in [7, 11) is 0. The van der Waals surface area contributed by atoms with Crippen LogP contribution in [0.2, 0.25) is 5.02 Å². The zero-order valence-electron chi connectivity index (χ0n) is 17.6. The Labute approximate surface area is 183 Å². The molecule has 0 spiro atoms. The van der Waals surface area contributed by atoms with Gasteiger partial charge in [-0.1, -0.05) is 68.8 Å². The van der Waals surface area contributed by atoms with E-state index in [0.29, 0.717) is 17.2 Å². The number of benzene rings is 2. The van der Waals surface area contributed by atoms with Crippen LogP contribution in [-0.4, -0.2) is 22.9 Å². The number of carbonyl (C=O) groups is 1. The third-order valence-corrected chi connectivity index (χ3v) is 6.60. The molecule has 0 aromatic heterocycles. The third kappa shape index (κ3) is 4.88. The smallest absolute Gasteiger partial charge is 0.335 e. The molecule has 29 heavy (non-hydrogen) atoms. The Morgan fingerprint density at radius 1 is 1.14 bits per heavy atom. The molecule has 1 aliphatic rings. The topological polar surface area (TPSA) is 29.5 Å². The Balaban J connectivity index is 2.10. The van der Waals surface area contributed by atoms with Crippen LogP contribution in [0.3, 0.4) is 0 Å². The first kappa shape index (κ1) is 21.9. The van der Waals surface area contributed by atoms with E-state index in [2.05, 4.69) is 56.3 Å². The minimum atomic E-state index is -0.255. The molecule has 154 valence electrons. The van der Waals surface area contributed by atoms with Crippen molar-refractivity contribution in [1.82, 2.24) is 4.31 Å². The second kappa shape index (κ2) is 8.95. The van der Waals surface area contributed by atoms with Gasteiger partial charge in [0, 0.05) is 16.0 Å². The number of halogens is 1. The van der Waals surface area contributed by atoms with Crippen molar-refractivity contribution >= 4 is 29.5 Å². The Kier molecular flexibility index (Phi) is 6.77. The van der Waals surface area contributed by atoms with Gasteiger partial charge in [0.25, 0.3) is 0 Å². The number of aryl methyl sites for hydroxylation is 1. The Morgan fingerprint density at radius 2 is 1.79 bits per heavy atom. The van der Waals surface area contributed by atoms with Gasteiger partial charge in [0.2, 0.25) is 0 Å². The van der Waals surface area contributed by atoms with E-state index >= 15 is 0 Å². The highest BCUT2D eigenvalue weighted by Crippen LogP contribution is 2.49. The minimum Gasteiger partial charge on any atom is -0.463 e. The first-order valence-electron chi connectivity index (χ1n) is 9.88. The van der Waals surface area contributed by atoms with Crippen molar-refractivity contribution in [1.29, 1.82) is 0 Å². The van der Waals surface area contributed by atoms with Crippen molar-refractivity contribution in [2.24, 2.45) is 5.41 Å². The summed E-state index contributed by atoms with van der Waals surface area (Å²) in [5.41, 5.74) is 2.87. The molecule has 2 aromatic carbocycles. The van der Waals surface area contributed by atoms with E-state index in [-0.39, 0.29) is 23.5 Å². The number of hydrogen-bond donors (Lipinski definition) is 0. The molecule has 3 nitrogen and oxygen atoms in total. The van der Waals surface area contributed by atoms with Crippen LogP contribution in [0.5, 0.6) is 0 Å². The molecule has 0 saturated carbocycles. The number of nitrogens with zero attached hydrogens (tertiary/aromatic N) is 1. The fourth-order valence-corrected chi connectivity index (χ4v) is 5.05. The van der Waals surface area contributed by atoms with E-state index in [4.69, 9.17) is 16.3 Å². The van der Waals surface area contributed by atoms with E-state index in [1.807, 2.05) is 37.3 Å². The summed E-state index contributed by atoms with van der Waals surface area (Å²) in [5, 5.41) is 0.680. The monoisotopic (exact) mass is 429 g/mol. The van der Waals surface area contributed by atoms with Crippen molar-refractivity contribution in [2.45, 2.75) is 51.6 Å². The fourth-order valence-electron chi connectivity index (χ4n) is 3.51. The van der Waals surface area contributed by atoms with Gasteiger partial charge in [0.1, 0.15) is 0 Å². The molecular formula is C24H28ClNO2S. The molecule has 0 aliphatic carbocycles. The summed E-state index contributed by atoms with van der Waals surface area (Å²) in [5.74, 6) is -0.255. The van der Waals surface area contributed by atoms with Gasteiger partial charge < -0.3 is 4.74 Å². The number of carbonyl (C=O) groups excluding carboxylic acids is 1. The molecule has 0 radical (unpaired) electrons. The zero-order valence-corrected chi connectivity index (χ0v) is 19.2. The fraction of sp³-hybridized carbons (Fsp3) is 0.375. The maximum atomic E-state index is 12.9. The lowest BCUT2D eigenvalue weighted by molar-refractivity contribution is -0.138. The summed E-state index contributed by atoms with van der Waals surface area (Å²) < 4.78 is 7.75. The first-order chi connectivity index (χ1) is 13.7. The molecule has 2 aromatic rings. The largest absolute Gasteiger partial charge is 0.463 e. The van der Waals surface area contributed by atoms with Crippen LogP contribution in [0, 0.1) is 12.3 Å². The summed E-state index contributed by atoms with van der Waals surface area (Å²) in [6.07, 6.45) is 2.09. The molecular weight excluding hydrogens is 402 g/mol. The molecule has 0 bridgehead atoms. The van der Waals surface area contributed by atoms with Gasteiger partial charge in [-0.3, -0.25) is 0 Å². The molecule has 3 rings (SSSR count). The van der Waals surface area contributed by atoms with Crippen LogP contribution in [0.4, 0.5) is 0 Å². The van der Waals surface area contributed by atoms with E-state index in [0.717, 1.165) is 5.56 Å². The van der Waals surface area contributed by atoms with Crippen molar-refractivity contribution in [3.05, 3.63) is 76.3 Å². The predicted octanol–water partition coefficient (Wildman–Crippen LogP) is 6.62. The Hall–Kier alpha value is -1.75. The van der Waals surface area contributed by atoms with Gasteiger partial charge in [-0.15, -0.1) is 0 Å². The molecule has 0 fully saturated rings. The van der Waals surface area contributed by atoms with Gasteiger partial charge >= 0.3 is 5.97 Å². The average Bonchev–Trinajstić information content (AvgIpc) is 3.04. The lowest BCUT2D eigenvalue weighted by Crippen LogP contribution is -2.37. The molecule has 1 heterocycles. The number of hydrogen-bond acceptors (Lipinski definition) is 4. The second-order valence-electron chi connectivity index (χ2n) is 8.32. The molecule has 0 amide bonds. The summed E-state index contributed by atoms with van der Waals surface area (Å²) >= 11 is 7.83. The SMILES string of the molecule is CCOC(=O)C1=CC(C(C)(C)C)N(Sc2ccccc2C)C1c1ccc(Cl)cc1. The zero-order chi connectivity index (χ0) is 21.2. The standard InChI is InChI=1S/C24H28ClNO2S/c1-6-28-23(27)19-15-21(24(3,4)5)26(29-20-10-8-7-9-16(20)2)22(19)17-11-13-18(25)14-12-17/h7-15,21-22H,6H2,1-5H3. The summed E-state index contributed by atoms with van der Waals surface area (Å²) in [6.45, 7) is 10.9. The third-order valence-electron chi connectivity index (χ3n) is 5.04. The number of ether oxygens (including phenoxy) is 1. The van der Waals surface area contributed by atoms with Crippen LogP contribution >= 0.6 is 23.5 Å².